The maximum atomic E-state index is 4.85. The second kappa shape index (κ2) is 8.54. The highest BCUT2D eigenvalue weighted by molar-refractivity contribution is 7.15. The van der Waals surface area contributed by atoms with Crippen LogP contribution in [0.3, 0.4) is 0 Å². The summed E-state index contributed by atoms with van der Waals surface area (Å²) >= 11 is 1.85. The van der Waals surface area contributed by atoms with Gasteiger partial charge in [-0.2, -0.15) is 0 Å². The fraction of sp³-hybridized carbons (Fsp3) is 0.800. The van der Waals surface area contributed by atoms with Crippen LogP contribution in [0, 0.1) is 0 Å². The number of hydrogen-bond donors (Lipinski definition) is 1. The fourth-order valence-corrected chi connectivity index (χ4v) is 3.13. The molecule has 4 heteroatoms. The van der Waals surface area contributed by atoms with E-state index in [0.29, 0.717) is 5.92 Å². The molecule has 110 valence electrons. The van der Waals surface area contributed by atoms with Gasteiger partial charge in [-0.15, -0.1) is 11.3 Å². The molecule has 0 saturated heterocycles. The monoisotopic (exact) mass is 283 g/mol. The summed E-state index contributed by atoms with van der Waals surface area (Å²) in [6, 6.07) is 0. The summed E-state index contributed by atoms with van der Waals surface area (Å²) in [6.07, 6.45) is 3.65. The highest BCUT2D eigenvalue weighted by Gasteiger charge is 2.15. The van der Waals surface area contributed by atoms with Crippen molar-refractivity contribution in [2.45, 2.75) is 59.4 Å². The Bertz CT molecular complexity index is 360. The molecule has 0 aromatic carbocycles. The molecule has 0 atom stereocenters. The third-order valence-corrected chi connectivity index (χ3v) is 4.33. The normalized spacial score (nSPS) is 11.3. The fourth-order valence-electron chi connectivity index (χ4n) is 1.96. The van der Waals surface area contributed by atoms with Gasteiger partial charge >= 0.3 is 0 Å². The molecule has 0 unspecified atom stereocenters. The van der Waals surface area contributed by atoms with Crippen LogP contribution in [0.1, 0.15) is 63.4 Å². The van der Waals surface area contributed by atoms with Crippen LogP contribution in [0.5, 0.6) is 0 Å². The van der Waals surface area contributed by atoms with Crippen LogP contribution in [0.2, 0.25) is 0 Å². The molecule has 0 fully saturated rings. The van der Waals surface area contributed by atoms with Gasteiger partial charge in [0.2, 0.25) is 0 Å². The van der Waals surface area contributed by atoms with Gasteiger partial charge < -0.3 is 10.2 Å². The molecule has 0 bridgehead atoms. The van der Waals surface area contributed by atoms with E-state index in [4.69, 9.17) is 4.98 Å². The first-order chi connectivity index (χ1) is 9.10. The largest absolute Gasteiger partial charge is 0.351 e. The van der Waals surface area contributed by atoms with Gasteiger partial charge in [0, 0.05) is 25.0 Å². The zero-order chi connectivity index (χ0) is 14.3. The number of hydrogen-bond acceptors (Lipinski definition) is 4. The Morgan fingerprint density at radius 2 is 2.00 bits per heavy atom. The van der Waals surface area contributed by atoms with E-state index < -0.39 is 0 Å². The van der Waals surface area contributed by atoms with Crippen molar-refractivity contribution in [2.24, 2.45) is 0 Å². The van der Waals surface area contributed by atoms with Crippen molar-refractivity contribution in [3.63, 3.8) is 0 Å². The van der Waals surface area contributed by atoms with E-state index >= 15 is 0 Å². The summed E-state index contributed by atoms with van der Waals surface area (Å²) in [4.78, 5) is 8.55. The molecule has 0 amide bonds. The Kier molecular flexibility index (Phi) is 7.39. The van der Waals surface area contributed by atoms with Crippen molar-refractivity contribution >= 4 is 16.5 Å². The number of nitrogens with one attached hydrogen (secondary N) is 1. The maximum absolute atomic E-state index is 4.85. The van der Waals surface area contributed by atoms with E-state index in [9.17, 15) is 0 Å². The van der Waals surface area contributed by atoms with Crippen LogP contribution in [0.15, 0.2) is 0 Å². The summed E-state index contributed by atoms with van der Waals surface area (Å²) in [5.41, 5.74) is 1.27. The average Bonchev–Trinajstić information content (AvgIpc) is 2.80. The number of unbranched alkanes of at least 4 members (excludes halogenated alkanes) is 1. The van der Waals surface area contributed by atoms with Gasteiger partial charge in [-0.1, -0.05) is 34.1 Å². The number of thiazole rings is 1. The predicted molar refractivity (Wildman–Crippen MR) is 86.4 cm³/mol. The van der Waals surface area contributed by atoms with E-state index in [-0.39, 0.29) is 0 Å². The summed E-state index contributed by atoms with van der Waals surface area (Å²) in [7, 11) is 2.15. The lowest BCUT2D eigenvalue weighted by atomic mass is 10.1. The minimum atomic E-state index is 0.503. The molecular formula is C15H29N3S. The molecule has 0 spiro atoms. The van der Waals surface area contributed by atoms with Crippen LogP contribution in [0.25, 0.3) is 0 Å². The van der Waals surface area contributed by atoms with Crippen LogP contribution < -0.4 is 10.2 Å². The number of nitrogens with zero attached hydrogens (tertiary/aromatic N) is 2. The SMILES string of the molecule is CCCCN(C)c1nc(C(C)C)c(CNCCC)s1. The van der Waals surface area contributed by atoms with Crippen LogP contribution >= 0.6 is 11.3 Å². The third kappa shape index (κ3) is 5.11. The van der Waals surface area contributed by atoms with Gasteiger partial charge in [-0.05, 0) is 25.3 Å². The first-order valence-electron chi connectivity index (χ1n) is 7.51. The van der Waals surface area contributed by atoms with E-state index in [1.54, 1.807) is 0 Å². The summed E-state index contributed by atoms with van der Waals surface area (Å²) in [6.45, 7) is 12.0. The van der Waals surface area contributed by atoms with Crippen molar-refractivity contribution < 1.29 is 0 Å². The van der Waals surface area contributed by atoms with Crippen molar-refractivity contribution in [1.82, 2.24) is 10.3 Å². The molecule has 0 aliphatic heterocycles. The Balaban J connectivity index is 2.75. The van der Waals surface area contributed by atoms with Gasteiger partial charge in [0.1, 0.15) is 0 Å². The van der Waals surface area contributed by atoms with Gasteiger partial charge in [0.05, 0.1) is 5.69 Å². The molecule has 0 aliphatic rings. The number of aromatic nitrogens is 1. The zero-order valence-corrected chi connectivity index (χ0v) is 13.9. The summed E-state index contributed by atoms with van der Waals surface area (Å²) in [5, 5.41) is 4.67. The Hall–Kier alpha value is -0.610. The molecule has 19 heavy (non-hydrogen) atoms. The summed E-state index contributed by atoms with van der Waals surface area (Å²) in [5.74, 6) is 0.503. The van der Waals surface area contributed by atoms with Crippen molar-refractivity contribution in [1.29, 1.82) is 0 Å². The van der Waals surface area contributed by atoms with Gasteiger partial charge in [-0.25, -0.2) is 4.98 Å². The Morgan fingerprint density at radius 1 is 1.26 bits per heavy atom. The summed E-state index contributed by atoms with van der Waals surface area (Å²) < 4.78 is 0. The minimum Gasteiger partial charge on any atom is -0.351 e. The van der Waals surface area contributed by atoms with E-state index in [2.05, 4.69) is 45.0 Å². The molecule has 1 N–H and O–H groups in total. The van der Waals surface area contributed by atoms with Crippen molar-refractivity contribution in [2.75, 3.05) is 25.0 Å². The van der Waals surface area contributed by atoms with E-state index in [0.717, 1.165) is 19.6 Å². The Labute approximate surface area is 122 Å². The number of anilines is 1. The standard InChI is InChI=1S/C15H29N3S/c1-6-8-10-18(5)15-17-14(12(3)4)13(19-15)11-16-9-7-2/h12,16H,6-11H2,1-5H3. The molecule has 1 aromatic heterocycles. The predicted octanol–water partition coefficient (Wildman–Crippen LogP) is 4.00. The first-order valence-corrected chi connectivity index (χ1v) is 8.33. The van der Waals surface area contributed by atoms with E-state index in [1.807, 2.05) is 11.3 Å². The van der Waals surface area contributed by atoms with Gasteiger partial charge in [0.25, 0.3) is 0 Å². The van der Waals surface area contributed by atoms with Crippen molar-refractivity contribution in [3.05, 3.63) is 10.6 Å². The third-order valence-electron chi connectivity index (χ3n) is 3.15. The minimum absolute atomic E-state index is 0.503. The van der Waals surface area contributed by atoms with Gasteiger partial charge in [0.15, 0.2) is 5.13 Å². The second-order valence-corrected chi connectivity index (χ2v) is 6.47. The lowest BCUT2D eigenvalue weighted by Gasteiger charge is -2.14. The average molecular weight is 283 g/mol. The zero-order valence-electron chi connectivity index (χ0n) is 13.1. The number of rotatable bonds is 9. The lowest BCUT2D eigenvalue weighted by molar-refractivity contribution is 0.670. The van der Waals surface area contributed by atoms with E-state index in [1.165, 1.54) is 35.0 Å². The van der Waals surface area contributed by atoms with Crippen LogP contribution in [-0.2, 0) is 6.54 Å². The highest BCUT2D eigenvalue weighted by atomic mass is 32.1. The lowest BCUT2D eigenvalue weighted by Crippen LogP contribution is -2.18. The molecule has 1 rings (SSSR count). The van der Waals surface area contributed by atoms with Crippen molar-refractivity contribution in [3.8, 4) is 0 Å². The second-order valence-electron chi connectivity index (χ2n) is 5.41. The van der Waals surface area contributed by atoms with Gasteiger partial charge in [-0.3, -0.25) is 0 Å². The molecular weight excluding hydrogens is 254 g/mol. The first kappa shape index (κ1) is 16.4. The molecule has 3 nitrogen and oxygen atoms in total. The Morgan fingerprint density at radius 3 is 2.58 bits per heavy atom. The molecule has 0 radical (unpaired) electrons. The molecule has 1 aromatic rings. The quantitative estimate of drug-likeness (QED) is 0.694. The van der Waals surface area contributed by atoms with Crippen LogP contribution in [-0.4, -0.2) is 25.1 Å². The molecule has 0 saturated carbocycles. The molecule has 1 heterocycles. The maximum Gasteiger partial charge on any atom is 0.185 e. The smallest absolute Gasteiger partial charge is 0.185 e. The highest BCUT2D eigenvalue weighted by Crippen LogP contribution is 2.30. The topological polar surface area (TPSA) is 28.2 Å². The van der Waals surface area contributed by atoms with Crippen LogP contribution in [0.4, 0.5) is 5.13 Å². The molecule has 0 aliphatic carbocycles.